The quantitative estimate of drug-likeness (QED) is 0.842. The van der Waals surface area contributed by atoms with Crippen LogP contribution < -0.4 is 5.32 Å². The van der Waals surface area contributed by atoms with Gasteiger partial charge in [-0.05, 0) is 44.9 Å². The van der Waals surface area contributed by atoms with Crippen LogP contribution in [0.2, 0.25) is 0 Å². The van der Waals surface area contributed by atoms with Crippen molar-refractivity contribution in [3.05, 3.63) is 34.3 Å². The van der Waals surface area contributed by atoms with Crippen LogP contribution in [0.25, 0.3) is 0 Å². The topological polar surface area (TPSA) is 41.5 Å². The van der Waals surface area contributed by atoms with Gasteiger partial charge >= 0.3 is 0 Å². The van der Waals surface area contributed by atoms with Crippen LogP contribution in [-0.4, -0.2) is 17.3 Å². The molecule has 102 valence electrons. The molecule has 1 fully saturated rings. The van der Waals surface area contributed by atoms with Gasteiger partial charge in [-0.15, -0.1) is 0 Å². The Balaban J connectivity index is 2.33. The van der Waals surface area contributed by atoms with E-state index < -0.39 is 0 Å². The summed E-state index contributed by atoms with van der Waals surface area (Å²) in [5.41, 5.74) is 1.01. The van der Waals surface area contributed by atoms with Crippen LogP contribution in [0.5, 0.6) is 0 Å². The molecule has 1 atom stereocenters. The largest absolute Gasteiger partial charge is 0.314 e. The van der Waals surface area contributed by atoms with Gasteiger partial charge in [0.1, 0.15) is 5.84 Å². The van der Waals surface area contributed by atoms with Crippen molar-refractivity contribution in [1.82, 2.24) is 5.32 Å². The Morgan fingerprint density at radius 2 is 1.89 bits per heavy atom. The van der Waals surface area contributed by atoms with Crippen molar-refractivity contribution in [3.63, 3.8) is 0 Å². The van der Waals surface area contributed by atoms with Crippen molar-refractivity contribution in [1.29, 1.82) is 0 Å². The normalized spacial score (nSPS) is 22.4. The first kappa shape index (κ1) is 14.3. The highest BCUT2D eigenvalue weighted by molar-refractivity contribution is 9.10. The molecule has 1 heterocycles. The van der Waals surface area contributed by atoms with E-state index in [1.807, 2.05) is 32.9 Å². The van der Waals surface area contributed by atoms with Crippen LogP contribution in [0.1, 0.15) is 45.1 Å². The Labute approximate surface area is 122 Å². The molecule has 1 saturated heterocycles. The summed E-state index contributed by atoms with van der Waals surface area (Å²) in [6.07, 6.45) is 1.38. The van der Waals surface area contributed by atoms with Gasteiger partial charge in [0.25, 0.3) is 0 Å². The number of halogens is 1. The first-order valence-corrected chi connectivity index (χ1v) is 7.29. The number of nitrogens with one attached hydrogen (secondary N) is 1. The maximum atomic E-state index is 11.6. The fraction of sp³-hybridized carbons (Fsp3) is 0.467. The van der Waals surface area contributed by atoms with Gasteiger partial charge in [-0.2, -0.15) is 0 Å². The third kappa shape index (κ3) is 3.90. The van der Waals surface area contributed by atoms with Crippen molar-refractivity contribution in [3.8, 4) is 0 Å². The van der Waals surface area contributed by atoms with Crippen LogP contribution >= 0.6 is 15.9 Å². The Kier molecular flexibility index (Phi) is 4.09. The van der Waals surface area contributed by atoms with Gasteiger partial charge < -0.3 is 5.32 Å². The summed E-state index contributed by atoms with van der Waals surface area (Å²) in [7, 11) is 0. The molecule has 0 saturated carbocycles. The fourth-order valence-corrected chi connectivity index (χ4v) is 2.46. The van der Waals surface area contributed by atoms with E-state index in [4.69, 9.17) is 0 Å². The predicted molar refractivity (Wildman–Crippen MR) is 81.4 cm³/mol. The molecule has 1 unspecified atom stereocenters. The number of hydrogen-bond acceptors (Lipinski definition) is 2. The molecule has 0 spiro atoms. The summed E-state index contributed by atoms with van der Waals surface area (Å²) < 4.78 is 1.06. The maximum Gasteiger partial charge on any atom is 0.225 e. The molecule has 1 aliphatic rings. The molecule has 19 heavy (non-hydrogen) atoms. The lowest BCUT2D eigenvalue weighted by molar-refractivity contribution is -0.120. The predicted octanol–water partition coefficient (Wildman–Crippen LogP) is 3.64. The zero-order chi connectivity index (χ0) is 14.0. The smallest absolute Gasteiger partial charge is 0.225 e. The summed E-state index contributed by atoms with van der Waals surface area (Å²) in [5.74, 6) is 1.05. The number of nitrogens with zero attached hydrogens (tertiary/aromatic N) is 1. The van der Waals surface area contributed by atoms with E-state index in [1.54, 1.807) is 0 Å². The Hall–Kier alpha value is -1.16. The summed E-state index contributed by atoms with van der Waals surface area (Å²) in [4.78, 5) is 16.3. The minimum absolute atomic E-state index is 0.0661. The van der Waals surface area contributed by atoms with Crippen LogP contribution in [-0.2, 0) is 4.79 Å². The molecule has 2 rings (SSSR count). The molecule has 0 bridgehead atoms. The Morgan fingerprint density at radius 3 is 2.47 bits per heavy atom. The van der Waals surface area contributed by atoms with Gasteiger partial charge in [0.15, 0.2) is 0 Å². The number of amides is 1. The van der Waals surface area contributed by atoms with Gasteiger partial charge in [-0.25, -0.2) is 0 Å². The van der Waals surface area contributed by atoms with Crippen molar-refractivity contribution >= 4 is 27.7 Å². The molecule has 4 heteroatoms. The zero-order valence-corrected chi connectivity index (χ0v) is 13.1. The van der Waals surface area contributed by atoms with Gasteiger partial charge in [0.2, 0.25) is 5.91 Å². The molecular formula is C15H19BrN2O. The maximum absolute atomic E-state index is 11.6. The van der Waals surface area contributed by atoms with E-state index in [-0.39, 0.29) is 17.4 Å². The Morgan fingerprint density at radius 1 is 1.26 bits per heavy atom. The van der Waals surface area contributed by atoms with Crippen LogP contribution in [0.4, 0.5) is 0 Å². The molecule has 0 aromatic heterocycles. The molecule has 1 aromatic carbocycles. The summed E-state index contributed by atoms with van der Waals surface area (Å²) in [5, 5.41) is 2.94. The second kappa shape index (κ2) is 5.45. The average Bonchev–Trinajstić information content (AvgIpc) is 2.29. The highest BCUT2D eigenvalue weighted by atomic mass is 79.9. The molecule has 1 aliphatic heterocycles. The van der Waals surface area contributed by atoms with Crippen LogP contribution in [0, 0.1) is 0 Å². The third-order valence-corrected chi connectivity index (χ3v) is 3.51. The van der Waals surface area contributed by atoms with Crippen molar-refractivity contribution in [2.45, 2.75) is 45.1 Å². The van der Waals surface area contributed by atoms with Gasteiger partial charge in [-0.1, -0.05) is 28.1 Å². The van der Waals surface area contributed by atoms with E-state index in [1.165, 1.54) is 5.56 Å². The highest BCUT2D eigenvalue weighted by Crippen LogP contribution is 2.28. The summed E-state index contributed by atoms with van der Waals surface area (Å²) >= 11 is 3.44. The van der Waals surface area contributed by atoms with Gasteiger partial charge in [0, 0.05) is 16.8 Å². The van der Waals surface area contributed by atoms with Crippen LogP contribution in [0.15, 0.2) is 33.7 Å². The van der Waals surface area contributed by atoms with Gasteiger partial charge in [-0.3, -0.25) is 9.79 Å². The van der Waals surface area contributed by atoms with Crippen molar-refractivity contribution < 1.29 is 4.79 Å². The lowest BCUT2D eigenvalue weighted by Gasteiger charge is -2.27. The first-order valence-electron chi connectivity index (χ1n) is 6.50. The van der Waals surface area contributed by atoms with E-state index in [0.717, 1.165) is 16.7 Å². The molecule has 1 amide bonds. The lowest BCUT2D eigenvalue weighted by atomic mass is 9.89. The van der Waals surface area contributed by atoms with Gasteiger partial charge in [0.05, 0.1) is 5.54 Å². The summed E-state index contributed by atoms with van der Waals surface area (Å²) in [6, 6.07) is 8.23. The zero-order valence-electron chi connectivity index (χ0n) is 11.5. The van der Waals surface area contributed by atoms with E-state index in [9.17, 15) is 4.79 Å². The molecule has 0 aliphatic carbocycles. The highest BCUT2D eigenvalue weighted by Gasteiger charge is 2.27. The number of piperidine rings is 1. The number of amidine groups is 1. The second-order valence-corrected chi connectivity index (χ2v) is 6.77. The first-order chi connectivity index (χ1) is 8.85. The number of benzene rings is 1. The van der Waals surface area contributed by atoms with E-state index in [0.29, 0.717) is 6.42 Å². The molecule has 0 radical (unpaired) electrons. The van der Waals surface area contributed by atoms with Crippen LogP contribution in [0.3, 0.4) is 0 Å². The lowest BCUT2D eigenvalue weighted by Crippen LogP contribution is -2.41. The summed E-state index contributed by atoms with van der Waals surface area (Å²) in [6.45, 7) is 6.12. The number of rotatable bonds is 1. The number of hydrogen-bond donors (Lipinski definition) is 1. The minimum Gasteiger partial charge on any atom is -0.314 e. The van der Waals surface area contributed by atoms with Crippen molar-refractivity contribution in [2.24, 2.45) is 4.99 Å². The van der Waals surface area contributed by atoms with Crippen molar-refractivity contribution in [2.75, 3.05) is 0 Å². The SMILES string of the molecule is CC(C)(C)N=C1NC(=O)CCC1c1ccc(Br)cc1. The fourth-order valence-electron chi connectivity index (χ4n) is 2.19. The average molecular weight is 323 g/mol. The molecule has 3 nitrogen and oxygen atoms in total. The molecule has 1 aromatic rings. The minimum atomic E-state index is -0.187. The van der Waals surface area contributed by atoms with E-state index >= 15 is 0 Å². The number of carbonyl (C=O) groups excluding carboxylic acids is 1. The standard InChI is InChI=1S/C15H19BrN2O/c1-15(2,3)18-14-12(8-9-13(19)17-14)10-4-6-11(16)7-5-10/h4-7,12H,8-9H2,1-3H3,(H,17,18,19). The van der Waals surface area contributed by atoms with E-state index in [2.05, 4.69) is 38.4 Å². The number of carbonyl (C=O) groups is 1. The second-order valence-electron chi connectivity index (χ2n) is 5.86. The molecular weight excluding hydrogens is 304 g/mol. The molecule has 1 N–H and O–H groups in total. The monoisotopic (exact) mass is 322 g/mol. The third-order valence-electron chi connectivity index (χ3n) is 2.99. The Bertz CT molecular complexity index is 500. The number of aliphatic imine (C=N–C) groups is 1.